The second kappa shape index (κ2) is 8.69. The summed E-state index contributed by atoms with van der Waals surface area (Å²) in [6.07, 6.45) is 10.5. The van der Waals surface area contributed by atoms with Crippen molar-refractivity contribution < 1.29 is 4.79 Å². The predicted molar refractivity (Wildman–Crippen MR) is 126 cm³/mol. The van der Waals surface area contributed by atoms with E-state index in [0.29, 0.717) is 24.3 Å². The van der Waals surface area contributed by atoms with E-state index in [1.54, 1.807) is 12.4 Å². The van der Waals surface area contributed by atoms with Gasteiger partial charge in [0.15, 0.2) is 0 Å². The minimum Gasteiger partial charge on any atom is -0.352 e. The molecule has 164 valence electrons. The normalized spacial score (nSPS) is 21.5. The van der Waals surface area contributed by atoms with Gasteiger partial charge in [-0.25, -0.2) is 9.97 Å². The Morgan fingerprint density at radius 2 is 1.69 bits per heavy atom. The number of hydrogen-bond donors (Lipinski definition) is 1. The third-order valence-electron chi connectivity index (χ3n) is 6.82. The maximum atomic E-state index is 12.6. The number of carbonyl (C=O) groups excluding carboxylic acids is 1. The highest BCUT2D eigenvalue weighted by atomic mass is 16.2. The van der Waals surface area contributed by atoms with Gasteiger partial charge in [0.25, 0.3) is 0 Å². The summed E-state index contributed by atoms with van der Waals surface area (Å²) in [5, 5.41) is 3.16. The van der Waals surface area contributed by atoms with E-state index < -0.39 is 0 Å². The van der Waals surface area contributed by atoms with Crippen molar-refractivity contribution in [1.29, 1.82) is 0 Å². The Hall–Kier alpha value is -3.28. The van der Waals surface area contributed by atoms with Crippen LogP contribution in [-0.2, 0) is 11.3 Å². The van der Waals surface area contributed by atoms with Crippen LogP contribution in [0.25, 0.3) is 22.4 Å². The van der Waals surface area contributed by atoms with Gasteiger partial charge in [0.2, 0.25) is 11.9 Å². The average Bonchev–Trinajstić information content (AvgIpc) is 3.58. The van der Waals surface area contributed by atoms with Gasteiger partial charge in [-0.15, -0.1) is 0 Å². The van der Waals surface area contributed by atoms with E-state index in [1.165, 1.54) is 25.7 Å². The average molecular weight is 428 g/mol. The van der Waals surface area contributed by atoms with Crippen molar-refractivity contribution in [1.82, 2.24) is 20.3 Å². The number of benzene rings is 1. The van der Waals surface area contributed by atoms with Gasteiger partial charge in [-0.1, -0.05) is 37.1 Å². The zero-order valence-electron chi connectivity index (χ0n) is 18.7. The second-order valence-electron chi connectivity index (χ2n) is 9.12. The van der Waals surface area contributed by atoms with Gasteiger partial charge >= 0.3 is 0 Å². The molecule has 3 aromatic rings. The Kier molecular flexibility index (Phi) is 5.60. The number of anilines is 1. The molecule has 2 heterocycles. The molecule has 0 aliphatic heterocycles. The van der Waals surface area contributed by atoms with Crippen molar-refractivity contribution in [3.63, 3.8) is 0 Å². The molecule has 0 saturated heterocycles. The maximum absolute atomic E-state index is 12.6. The highest BCUT2D eigenvalue weighted by Gasteiger charge is 2.54. The van der Waals surface area contributed by atoms with Crippen molar-refractivity contribution in [2.45, 2.75) is 32.2 Å². The van der Waals surface area contributed by atoms with Crippen LogP contribution in [-0.4, -0.2) is 35.0 Å². The molecule has 32 heavy (non-hydrogen) atoms. The van der Waals surface area contributed by atoms with Gasteiger partial charge in [0, 0.05) is 56.3 Å². The van der Waals surface area contributed by atoms with Crippen molar-refractivity contribution in [3.05, 3.63) is 60.6 Å². The number of hydrogen-bond acceptors (Lipinski definition) is 5. The molecule has 1 amide bonds. The summed E-state index contributed by atoms with van der Waals surface area (Å²) < 4.78 is 0. The first kappa shape index (κ1) is 20.6. The molecule has 1 N–H and O–H groups in total. The van der Waals surface area contributed by atoms with Gasteiger partial charge in [-0.05, 0) is 47.9 Å². The fraction of sp³-hybridized carbons (Fsp3) is 0.385. The summed E-state index contributed by atoms with van der Waals surface area (Å²) in [5.41, 5.74) is 4.99. The zero-order valence-corrected chi connectivity index (χ0v) is 18.7. The van der Waals surface area contributed by atoms with E-state index >= 15 is 0 Å². The SMILES string of the molecule is CN(C)c1ncc(-c2ccncc2)c(-c2ccc(CNC(=O)C3[C@H]4CCCC[C@H]34)cc2)n1. The Morgan fingerprint density at radius 3 is 2.34 bits per heavy atom. The van der Waals surface area contributed by atoms with E-state index in [2.05, 4.69) is 39.6 Å². The number of fused-ring (bicyclic) bond motifs is 1. The van der Waals surface area contributed by atoms with Gasteiger partial charge in [-0.3, -0.25) is 9.78 Å². The van der Waals surface area contributed by atoms with Crippen LogP contribution in [0.5, 0.6) is 0 Å². The summed E-state index contributed by atoms with van der Waals surface area (Å²) in [6, 6.07) is 12.2. The first-order chi connectivity index (χ1) is 15.6. The molecule has 2 fully saturated rings. The number of pyridine rings is 1. The first-order valence-corrected chi connectivity index (χ1v) is 11.4. The molecule has 6 nitrogen and oxygen atoms in total. The smallest absolute Gasteiger partial charge is 0.225 e. The number of amides is 1. The van der Waals surface area contributed by atoms with Crippen molar-refractivity contribution in [2.24, 2.45) is 17.8 Å². The van der Waals surface area contributed by atoms with E-state index in [9.17, 15) is 4.79 Å². The molecule has 2 atom stereocenters. The molecule has 2 aromatic heterocycles. The molecule has 0 radical (unpaired) electrons. The lowest BCUT2D eigenvalue weighted by atomic mass is 10.0. The van der Waals surface area contributed by atoms with E-state index in [4.69, 9.17) is 4.98 Å². The molecule has 6 heteroatoms. The van der Waals surface area contributed by atoms with Crippen LogP contribution in [0.3, 0.4) is 0 Å². The standard InChI is InChI=1S/C26H29N5O/c1-31(2)26-29-16-22(18-11-13-27-14-12-18)24(30-26)19-9-7-17(8-10-19)15-28-25(32)23-20-5-3-4-6-21(20)23/h7-14,16,20-21,23H,3-6,15H2,1-2H3,(H,28,32)/t20-,21-/m0/s1. The monoisotopic (exact) mass is 427 g/mol. The second-order valence-corrected chi connectivity index (χ2v) is 9.12. The first-order valence-electron chi connectivity index (χ1n) is 11.4. The van der Waals surface area contributed by atoms with E-state index in [0.717, 1.165) is 27.9 Å². The molecule has 0 unspecified atom stereocenters. The Bertz CT molecular complexity index is 1080. The number of rotatable bonds is 6. The number of aromatic nitrogens is 3. The van der Waals surface area contributed by atoms with Gasteiger partial charge in [0.1, 0.15) is 0 Å². The molecule has 0 spiro atoms. The number of carbonyl (C=O) groups is 1. The van der Waals surface area contributed by atoms with Crippen LogP contribution in [0.2, 0.25) is 0 Å². The van der Waals surface area contributed by atoms with Gasteiger partial charge in [-0.2, -0.15) is 0 Å². The molecular weight excluding hydrogens is 398 g/mol. The van der Waals surface area contributed by atoms with Crippen molar-refractivity contribution >= 4 is 11.9 Å². The Morgan fingerprint density at radius 1 is 1.00 bits per heavy atom. The summed E-state index contributed by atoms with van der Waals surface area (Å²) >= 11 is 0. The molecule has 2 saturated carbocycles. The highest BCUT2D eigenvalue weighted by molar-refractivity contribution is 5.82. The predicted octanol–water partition coefficient (Wildman–Crippen LogP) is 4.32. The largest absolute Gasteiger partial charge is 0.352 e. The molecule has 5 rings (SSSR count). The maximum Gasteiger partial charge on any atom is 0.225 e. The summed E-state index contributed by atoms with van der Waals surface area (Å²) in [4.78, 5) is 27.9. The Labute approximate surface area is 189 Å². The summed E-state index contributed by atoms with van der Waals surface area (Å²) in [6.45, 7) is 0.568. The minimum absolute atomic E-state index is 0.234. The highest BCUT2D eigenvalue weighted by Crippen LogP contribution is 2.55. The number of nitrogens with one attached hydrogen (secondary N) is 1. The van der Waals surface area contributed by atoms with Crippen molar-refractivity contribution in [2.75, 3.05) is 19.0 Å². The van der Waals surface area contributed by atoms with Gasteiger partial charge < -0.3 is 10.2 Å². The van der Waals surface area contributed by atoms with Crippen LogP contribution in [0.1, 0.15) is 31.2 Å². The molecular formula is C26H29N5O. The van der Waals surface area contributed by atoms with E-state index in [-0.39, 0.29) is 11.8 Å². The fourth-order valence-electron chi connectivity index (χ4n) is 5.02. The topological polar surface area (TPSA) is 71.0 Å². The quantitative estimate of drug-likeness (QED) is 0.634. The minimum atomic E-state index is 0.234. The van der Waals surface area contributed by atoms with E-state index in [1.807, 2.05) is 37.3 Å². The van der Waals surface area contributed by atoms with Crippen LogP contribution < -0.4 is 10.2 Å². The van der Waals surface area contributed by atoms with Crippen LogP contribution >= 0.6 is 0 Å². The van der Waals surface area contributed by atoms with Gasteiger partial charge in [0.05, 0.1) is 5.69 Å². The Balaban J connectivity index is 1.33. The summed E-state index contributed by atoms with van der Waals surface area (Å²) in [7, 11) is 3.88. The fourth-order valence-corrected chi connectivity index (χ4v) is 5.02. The third-order valence-corrected chi connectivity index (χ3v) is 6.82. The third kappa shape index (κ3) is 4.09. The molecule has 2 aliphatic carbocycles. The lowest BCUT2D eigenvalue weighted by molar-refractivity contribution is -0.123. The molecule has 2 aliphatic rings. The van der Waals surface area contributed by atoms with Crippen LogP contribution in [0, 0.1) is 17.8 Å². The molecule has 0 bridgehead atoms. The van der Waals surface area contributed by atoms with Crippen molar-refractivity contribution in [3.8, 4) is 22.4 Å². The zero-order chi connectivity index (χ0) is 22.1. The lowest BCUT2D eigenvalue weighted by Gasteiger charge is -2.15. The van der Waals surface area contributed by atoms with Crippen LogP contribution in [0.15, 0.2) is 55.0 Å². The summed E-state index contributed by atoms with van der Waals surface area (Å²) in [5.74, 6) is 2.44. The number of nitrogens with zero attached hydrogens (tertiary/aromatic N) is 4. The lowest BCUT2D eigenvalue weighted by Crippen LogP contribution is -2.25. The van der Waals surface area contributed by atoms with Crippen LogP contribution in [0.4, 0.5) is 5.95 Å². The molecule has 1 aromatic carbocycles.